The standard InChI is InChI=1S/C21H20ClF2N3O2S/c1-14-5-7-15(8-6-14)30(28,29)27-17-4-2-3-16(22)18(17)19(25-27)26-12-11-21(23,24)13-20(26)9-10-20/h2-8H,9-13H2,1H3. The third-order valence-corrected chi connectivity index (χ3v) is 8.01. The Morgan fingerprint density at radius 3 is 2.43 bits per heavy atom. The van der Waals surface area contributed by atoms with Crippen molar-refractivity contribution in [1.29, 1.82) is 0 Å². The smallest absolute Gasteiger partial charge is 0.283 e. The van der Waals surface area contributed by atoms with Gasteiger partial charge in [0, 0.05) is 24.9 Å². The molecule has 1 aliphatic carbocycles. The summed E-state index contributed by atoms with van der Waals surface area (Å²) in [6.45, 7) is 1.98. The molecule has 2 aliphatic rings. The number of halogens is 3. The highest BCUT2D eigenvalue weighted by Crippen LogP contribution is 2.55. The number of aromatic nitrogens is 2. The fourth-order valence-corrected chi connectivity index (χ4v) is 5.89. The highest BCUT2D eigenvalue weighted by Gasteiger charge is 2.58. The minimum absolute atomic E-state index is 0.106. The maximum Gasteiger partial charge on any atom is 0.283 e. The maximum atomic E-state index is 14.1. The van der Waals surface area contributed by atoms with Gasteiger partial charge in [0.1, 0.15) is 0 Å². The first-order valence-electron chi connectivity index (χ1n) is 9.78. The molecule has 0 atom stereocenters. The summed E-state index contributed by atoms with van der Waals surface area (Å²) in [5.74, 6) is -2.36. The van der Waals surface area contributed by atoms with Crippen molar-refractivity contribution in [3.8, 4) is 0 Å². The Morgan fingerprint density at radius 2 is 1.77 bits per heavy atom. The minimum Gasteiger partial charge on any atom is -0.348 e. The second-order valence-corrected chi connectivity index (χ2v) is 10.5. The third-order valence-electron chi connectivity index (χ3n) is 6.10. The molecule has 0 unspecified atom stereocenters. The molecule has 1 aromatic heterocycles. The SMILES string of the molecule is Cc1ccc(S(=O)(=O)n2nc(N3CCC(F)(F)CC34CC4)c3c(Cl)cccc32)cc1. The van der Waals surface area contributed by atoms with Gasteiger partial charge in [0.2, 0.25) is 0 Å². The Morgan fingerprint density at radius 1 is 1.07 bits per heavy atom. The number of hydrogen-bond acceptors (Lipinski definition) is 4. The van der Waals surface area contributed by atoms with Gasteiger partial charge < -0.3 is 4.90 Å². The fraction of sp³-hybridized carbons (Fsp3) is 0.381. The molecule has 1 saturated carbocycles. The normalized spacial score (nSPS) is 20.1. The van der Waals surface area contributed by atoms with E-state index in [4.69, 9.17) is 11.6 Å². The van der Waals surface area contributed by atoms with Gasteiger partial charge in [-0.25, -0.2) is 8.78 Å². The first-order chi connectivity index (χ1) is 14.1. The van der Waals surface area contributed by atoms with Crippen molar-refractivity contribution in [2.45, 2.75) is 49.0 Å². The Balaban J connectivity index is 1.70. The van der Waals surface area contributed by atoms with E-state index < -0.39 is 21.5 Å². The molecule has 1 aliphatic heterocycles. The summed E-state index contributed by atoms with van der Waals surface area (Å²) in [7, 11) is -3.98. The monoisotopic (exact) mass is 451 g/mol. The van der Waals surface area contributed by atoms with E-state index >= 15 is 0 Å². The molecule has 5 rings (SSSR count). The van der Waals surface area contributed by atoms with Gasteiger partial charge in [-0.3, -0.25) is 0 Å². The van der Waals surface area contributed by atoms with E-state index in [2.05, 4.69) is 5.10 Å². The molecule has 2 heterocycles. The zero-order valence-electron chi connectivity index (χ0n) is 16.3. The number of aryl methyl sites for hydroxylation is 1. The predicted octanol–water partition coefficient (Wildman–Crippen LogP) is 5.00. The average Bonchev–Trinajstić information content (AvgIpc) is 3.30. The van der Waals surface area contributed by atoms with Crippen LogP contribution in [0.25, 0.3) is 10.9 Å². The molecule has 1 spiro atoms. The van der Waals surface area contributed by atoms with E-state index in [-0.39, 0.29) is 24.3 Å². The second kappa shape index (κ2) is 6.40. The van der Waals surface area contributed by atoms with Crippen LogP contribution >= 0.6 is 11.6 Å². The molecule has 2 fully saturated rings. The van der Waals surface area contributed by atoms with Gasteiger partial charge in [0.25, 0.3) is 15.9 Å². The number of fused-ring (bicyclic) bond motifs is 1. The molecule has 1 saturated heterocycles. The summed E-state index contributed by atoms with van der Waals surface area (Å²) < 4.78 is 55.9. The van der Waals surface area contributed by atoms with E-state index in [1.165, 1.54) is 12.1 Å². The number of hydrogen-bond donors (Lipinski definition) is 0. The summed E-state index contributed by atoms with van der Waals surface area (Å²) in [6.07, 6.45) is 0.722. The topological polar surface area (TPSA) is 55.2 Å². The van der Waals surface area contributed by atoms with Crippen LogP contribution < -0.4 is 4.90 Å². The number of nitrogens with zero attached hydrogens (tertiary/aromatic N) is 3. The lowest BCUT2D eigenvalue weighted by Crippen LogP contribution is -2.49. The molecule has 0 radical (unpaired) electrons. The summed E-state index contributed by atoms with van der Waals surface area (Å²) in [6, 6.07) is 11.5. The van der Waals surface area contributed by atoms with E-state index in [0.29, 0.717) is 34.6 Å². The molecular weight excluding hydrogens is 432 g/mol. The van der Waals surface area contributed by atoms with Crippen LogP contribution in [-0.2, 0) is 10.0 Å². The Hall–Kier alpha value is -2.19. The number of rotatable bonds is 3. The van der Waals surface area contributed by atoms with Crippen LogP contribution in [0.15, 0.2) is 47.4 Å². The van der Waals surface area contributed by atoms with Gasteiger partial charge in [-0.15, -0.1) is 5.10 Å². The summed E-state index contributed by atoms with van der Waals surface area (Å²) in [5, 5.41) is 5.28. The van der Waals surface area contributed by atoms with Gasteiger partial charge >= 0.3 is 0 Å². The van der Waals surface area contributed by atoms with Crippen LogP contribution in [0.3, 0.4) is 0 Å². The lowest BCUT2D eigenvalue weighted by molar-refractivity contribution is -0.0374. The fourth-order valence-electron chi connectivity index (χ4n) is 4.36. The van der Waals surface area contributed by atoms with Crippen LogP contribution in [0.5, 0.6) is 0 Å². The van der Waals surface area contributed by atoms with Crippen molar-refractivity contribution in [3.63, 3.8) is 0 Å². The molecule has 2 aromatic carbocycles. The van der Waals surface area contributed by atoms with E-state index in [9.17, 15) is 17.2 Å². The Bertz CT molecular complexity index is 1250. The molecule has 3 aromatic rings. The highest BCUT2D eigenvalue weighted by atomic mass is 35.5. The van der Waals surface area contributed by atoms with Gasteiger partial charge in [-0.2, -0.15) is 12.5 Å². The minimum atomic E-state index is -3.98. The largest absolute Gasteiger partial charge is 0.348 e. The van der Waals surface area contributed by atoms with Gasteiger partial charge in [0.15, 0.2) is 5.82 Å². The van der Waals surface area contributed by atoms with Crippen LogP contribution in [0.2, 0.25) is 5.02 Å². The van der Waals surface area contributed by atoms with Crippen LogP contribution in [0.4, 0.5) is 14.6 Å². The zero-order valence-corrected chi connectivity index (χ0v) is 17.8. The number of anilines is 1. The van der Waals surface area contributed by atoms with Crippen molar-refractivity contribution in [1.82, 2.24) is 9.19 Å². The Labute approximate surface area is 178 Å². The zero-order chi connectivity index (χ0) is 21.3. The summed E-state index contributed by atoms with van der Waals surface area (Å²) >= 11 is 6.46. The quantitative estimate of drug-likeness (QED) is 0.562. The third kappa shape index (κ3) is 3.00. The van der Waals surface area contributed by atoms with Gasteiger partial charge in [0.05, 0.1) is 20.8 Å². The number of piperidine rings is 1. The van der Waals surface area contributed by atoms with E-state index in [1.807, 2.05) is 11.8 Å². The number of alkyl halides is 2. The van der Waals surface area contributed by atoms with Gasteiger partial charge in [-0.05, 0) is 44.0 Å². The molecule has 0 amide bonds. The van der Waals surface area contributed by atoms with Gasteiger partial charge in [-0.1, -0.05) is 35.4 Å². The lowest BCUT2D eigenvalue weighted by Gasteiger charge is -2.40. The predicted molar refractivity (Wildman–Crippen MR) is 112 cm³/mol. The molecule has 0 N–H and O–H groups in total. The summed E-state index contributed by atoms with van der Waals surface area (Å²) in [5.41, 5.74) is 0.597. The average molecular weight is 452 g/mol. The van der Waals surface area contributed by atoms with Crippen molar-refractivity contribution in [2.75, 3.05) is 11.4 Å². The molecule has 5 nitrogen and oxygen atoms in total. The maximum absolute atomic E-state index is 14.1. The van der Waals surface area contributed by atoms with E-state index in [1.54, 1.807) is 30.3 Å². The number of benzene rings is 2. The van der Waals surface area contributed by atoms with Crippen LogP contribution in [0, 0.1) is 6.92 Å². The molecule has 9 heteroatoms. The van der Waals surface area contributed by atoms with Crippen molar-refractivity contribution < 1.29 is 17.2 Å². The van der Waals surface area contributed by atoms with Crippen LogP contribution in [-0.4, -0.2) is 35.6 Å². The van der Waals surface area contributed by atoms with Crippen molar-refractivity contribution in [2.24, 2.45) is 0 Å². The second-order valence-electron chi connectivity index (χ2n) is 8.28. The molecule has 0 bridgehead atoms. The molecular formula is C21H20ClF2N3O2S. The molecule has 158 valence electrons. The summed E-state index contributed by atoms with van der Waals surface area (Å²) in [4.78, 5) is 1.95. The Kier molecular flexibility index (Phi) is 4.22. The van der Waals surface area contributed by atoms with E-state index in [0.717, 1.165) is 9.65 Å². The highest BCUT2D eigenvalue weighted by molar-refractivity contribution is 7.90. The first-order valence-corrected chi connectivity index (χ1v) is 11.6. The van der Waals surface area contributed by atoms with Crippen molar-refractivity contribution in [3.05, 3.63) is 53.1 Å². The molecule has 30 heavy (non-hydrogen) atoms. The lowest BCUT2D eigenvalue weighted by atomic mass is 9.96. The van der Waals surface area contributed by atoms with Crippen LogP contribution in [0.1, 0.15) is 31.2 Å². The van der Waals surface area contributed by atoms with Crippen molar-refractivity contribution >= 4 is 38.3 Å². The first kappa shape index (κ1) is 19.8.